The Morgan fingerprint density at radius 2 is 2.05 bits per heavy atom. The number of aromatic carboxylic acids is 1. The van der Waals surface area contributed by atoms with Gasteiger partial charge in [-0.05, 0) is 36.8 Å². The van der Waals surface area contributed by atoms with Crippen LogP contribution in [0.3, 0.4) is 0 Å². The molecule has 0 bridgehead atoms. The maximum atomic E-state index is 13.9. The minimum atomic E-state index is -1.24. The number of carboxylic acid groups (broad SMARTS) is 1. The molecule has 0 aliphatic heterocycles. The number of nitrogens with zero attached hydrogens (tertiary/aromatic N) is 1. The monoisotopic (exact) mass is 285 g/mol. The molecule has 0 aliphatic rings. The number of aryl methyl sites for hydroxylation is 1. The number of hydrogen-bond acceptors (Lipinski definition) is 4. The van der Waals surface area contributed by atoms with Gasteiger partial charge in [0.15, 0.2) is 0 Å². The Hall–Kier alpha value is -3.07. The van der Waals surface area contributed by atoms with Crippen LogP contribution in [0.1, 0.15) is 21.5 Å². The van der Waals surface area contributed by atoms with Crippen molar-refractivity contribution in [3.05, 3.63) is 52.8 Å². The Labute approximate surface area is 120 Å². The molecule has 0 aromatic heterocycles. The molecule has 2 aromatic rings. The van der Waals surface area contributed by atoms with E-state index in [0.717, 1.165) is 17.7 Å². The van der Waals surface area contributed by atoms with Crippen molar-refractivity contribution in [3.63, 3.8) is 0 Å². The zero-order valence-electron chi connectivity index (χ0n) is 11.1. The molecule has 0 aliphatic carbocycles. The summed E-state index contributed by atoms with van der Waals surface area (Å²) >= 11 is 0. The Kier molecular flexibility index (Phi) is 3.76. The van der Waals surface area contributed by atoms with Gasteiger partial charge in [0.05, 0.1) is 22.9 Å². The Balaban J connectivity index is 2.47. The molecular weight excluding hydrogens is 273 g/mol. The number of carbonyl (C=O) groups is 1. The summed E-state index contributed by atoms with van der Waals surface area (Å²) in [6.45, 7) is 1.79. The van der Waals surface area contributed by atoms with Crippen molar-refractivity contribution in [2.45, 2.75) is 6.92 Å². The zero-order valence-corrected chi connectivity index (χ0v) is 11.1. The highest BCUT2D eigenvalue weighted by Crippen LogP contribution is 2.27. The third kappa shape index (κ3) is 2.92. The van der Waals surface area contributed by atoms with Gasteiger partial charge in [0, 0.05) is 11.4 Å². The third-order valence-corrected chi connectivity index (χ3v) is 3.01. The van der Waals surface area contributed by atoms with Crippen LogP contribution < -0.4 is 11.1 Å². The third-order valence-electron chi connectivity index (χ3n) is 3.01. The van der Waals surface area contributed by atoms with E-state index in [0.29, 0.717) is 11.3 Å². The van der Waals surface area contributed by atoms with E-state index >= 15 is 0 Å². The van der Waals surface area contributed by atoms with E-state index in [4.69, 9.17) is 16.1 Å². The molecule has 0 heterocycles. The number of nitrogen functional groups attached to an aromatic ring is 1. The van der Waals surface area contributed by atoms with Crippen molar-refractivity contribution < 1.29 is 14.3 Å². The molecule has 4 N–H and O–H groups in total. The van der Waals surface area contributed by atoms with Gasteiger partial charge in [-0.25, -0.2) is 9.18 Å². The topological polar surface area (TPSA) is 99.1 Å². The standard InChI is InChI=1S/C15H12FN3O2/c1-8-2-3-9(7-17)4-13(8)19-14-5-10(15(20)21)12(18)6-11(14)16/h2-6,19H,18H2,1H3,(H,20,21). The van der Waals surface area contributed by atoms with Gasteiger partial charge in [-0.2, -0.15) is 5.26 Å². The molecule has 0 saturated heterocycles. The lowest BCUT2D eigenvalue weighted by molar-refractivity contribution is 0.0698. The number of nitrogens with two attached hydrogens (primary N) is 1. The summed E-state index contributed by atoms with van der Waals surface area (Å²) in [6, 6.07) is 8.99. The van der Waals surface area contributed by atoms with Gasteiger partial charge < -0.3 is 16.2 Å². The van der Waals surface area contributed by atoms with Crippen LogP contribution in [0.15, 0.2) is 30.3 Å². The highest BCUT2D eigenvalue weighted by molar-refractivity contribution is 5.95. The van der Waals surface area contributed by atoms with Gasteiger partial charge in [-0.1, -0.05) is 6.07 Å². The summed E-state index contributed by atoms with van der Waals surface area (Å²) in [6.07, 6.45) is 0. The van der Waals surface area contributed by atoms with Crippen molar-refractivity contribution in [2.75, 3.05) is 11.1 Å². The van der Waals surface area contributed by atoms with Gasteiger partial charge in [0.2, 0.25) is 0 Å². The lowest BCUT2D eigenvalue weighted by atomic mass is 10.1. The molecule has 106 valence electrons. The van der Waals surface area contributed by atoms with Crippen LogP contribution in [0.4, 0.5) is 21.5 Å². The number of rotatable bonds is 3. The highest BCUT2D eigenvalue weighted by Gasteiger charge is 2.14. The molecule has 0 radical (unpaired) electrons. The fraction of sp³-hybridized carbons (Fsp3) is 0.0667. The van der Waals surface area contributed by atoms with E-state index in [1.54, 1.807) is 25.1 Å². The van der Waals surface area contributed by atoms with Crippen molar-refractivity contribution in [2.24, 2.45) is 0 Å². The number of carboxylic acids is 1. The van der Waals surface area contributed by atoms with E-state index in [9.17, 15) is 9.18 Å². The van der Waals surface area contributed by atoms with Gasteiger partial charge in [-0.3, -0.25) is 0 Å². The van der Waals surface area contributed by atoms with Crippen molar-refractivity contribution in [3.8, 4) is 6.07 Å². The first-order chi connectivity index (χ1) is 9.92. The van der Waals surface area contributed by atoms with Crippen LogP contribution in [0.5, 0.6) is 0 Å². The summed E-state index contributed by atoms with van der Waals surface area (Å²) in [7, 11) is 0. The Bertz CT molecular complexity index is 766. The minimum Gasteiger partial charge on any atom is -0.478 e. The van der Waals surface area contributed by atoms with Gasteiger partial charge >= 0.3 is 5.97 Å². The van der Waals surface area contributed by atoms with Crippen molar-refractivity contribution >= 4 is 23.0 Å². The number of anilines is 3. The van der Waals surface area contributed by atoms with Crippen LogP contribution in [0, 0.1) is 24.1 Å². The summed E-state index contributed by atoms with van der Waals surface area (Å²) in [5, 5.41) is 20.7. The van der Waals surface area contributed by atoms with E-state index in [-0.39, 0.29) is 16.9 Å². The quantitative estimate of drug-likeness (QED) is 0.753. The molecule has 0 unspecified atom stereocenters. The average Bonchev–Trinajstić information content (AvgIpc) is 2.43. The zero-order chi connectivity index (χ0) is 15.6. The van der Waals surface area contributed by atoms with Gasteiger partial charge in [0.25, 0.3) is 0 Å². The first-order valence-electron chi connectivity index (χ1n) is 6.02. The maximum Gasteiger partial charge on any atom is 0.337 e. The summed E-state index contributed by atoms with van der Waals surface area (Å²) in [4.78, 5) is 11.0. The highest BCUT2D eigenvalue weighted by atomic mass is 19.1. The number of nitrogens with one attached hydrogen (secondary N) is 1. The molecule has 5 nitrogen and oxygen atoms in total. The van der Waals surface area contributed by atoms with E-state index in [1.807, 2.05) is 6.07 Å². The van der Waals surface area contributed by atoms with Crippen LogP contribution in [0.2, 0.25) is 0 Å². The fourth-order valence-corrected chi connectivity index (χ4v) is 1.84. The number of nitriles is 1. The van der Waals surface area contributed by atoms with Crippen molar-refractivity contribution in [1.82, 2.24) is 0 Å². The molecule has 2 aromatic carbocycles. The second kappa shape index (κ2) is 5.51. The summed E-state index contributed by atoms with van der Waals surface area (Å²) < 4.78 is 13.9. The van der Waals surface area contributed by atoms with Crippen molar-refractivity contribution in [1.29, 1.82) is 5.26 Å². The molecular formula is C15H12FN3O2. The largest absolute Gasteiger partial charge is 0.478 e. The second-order valence-corrected chi connectivity index (χ2v) is 4.49. The van der Waals surface area contributed by atoms with Gasteiger partial charge in [-0.15, -0.1) is 0 Å². The summed E-state index contributed by atoms with van der Waals surface area (Å²) in [5.41, 5.74) is 6.85. The van der Waals surface area contributed by atoms with Crippen LogP contribution in [0.25, 0.3) is 0 Å². The molecule has 2 rings (SSSR count). The predicted molar refractivity (Wildman–Crippen MR) is 76.9 cm³/mol. The summed E-state index contributed by atoms with van der Waals surface area (Å²) in [5.74, 6) is -1.91. The average molecular weight is 285 g/mol. The molecule has 6 heteroatoms. The molecule has 21 heavy (non-hydrogen) atoms. The predicted octanol–water partition coefficient (Wildman–Crippen LogP) is 3.03. The minimum absolute atomic E-state index is 0.0141. The lowest BCUT2D eigenvalue weighted by Crippen LogP contribution is -2.05. The maximum absolute atomic E-state index is 13.9. The molecule has 0 fully saturated rings. The Morgan fingerprint density at radius 3 is 2.67 bits per heavy atom. The lowest BCUT2D eigenvalue weighted by Gasteiger charge is -2.12. The van der Waals surface area contributed by atoms with Crippen LogP contribution >= 0.6 is 0 Å². The number of hydrogen-bond donors (Lipinski definition) is 3. The van der Waals surface area contributed by atoms with Crippen LogP contribution in [-0.4, -0.2) is 11.1 Å². The van der Waals surface area contributed by atoms with Gasteiger partial charge in [0.1, 0.15) is 5.82 Å². The smallest absolute Gasteiger partial charge is 0.337 e. The normalized spacial score (nSPS) is 9.95. The molecule has 0 saturated carbocycles. The SMILES string of the molecule is Cc1ccc(C#N)cc1Nc1cc(C(=O)O)c(N)cc1F. The second-order valence-electron chi connectivity index (χ2n) is 4.49. The van der Waals surface area contributed by atoms with E-state index < -0.39 is 11.8 Å². The molecule has 0 spiro atoms. The molecule has 0 amide bonds. The number of halogens is 1. The molecule has 0 atom stereocenters. The van der Waals surface area contributed by atoms with E-state index in [1.165, 1.54) is 0 Å². The number of benzene rings is 2. The van der Waals surface area contributed by atoms with Crippen LogP contribution in [-0.2, 0) is 0 Å². The first kappa shape index (κ1) is 14.3. The Morgan fingerprint density at radius 1 is 1.33 bits per heavy atom. The van der Waals surface area contributed by atoms with E-state index in [2.05, 4.69) is 5.32 Å². The first-order valence-corrected chi connectivity index (χ1v) is 6.02. The fourth-order valence-electron chi connectivity index (χ4n) is 1.84.